The van der Waals surface area contributed by atoms with Crippen LogP contribution in [0.2, 0.25) is 15.1 Å². The van der Waals surface area contributed by atoms with Gasteiger partial charge < -0.3 is 9.47 Å². The number of ether oxygens (including phenoxy) is 2. The van der Waals surface area contributed by atoms with E-state index in [4.69, 9.17) is 79.1 Å². The van der Waals surface area contributed by atoms with Crippen molar-refractivity contribution in [2.24, 2.45) is 0 Å². The number of hydrogen-bond donors (Lipinski definition) is 0. The number of esters is 1. The predicted octanol–water partition coefficient (Wildman–Crippen LogP) is 5.37. The molecule has 0 fully saturated rings. The normalized spacial score (nSPS) is 12.9. The highest BCUT2D eigenvalue weighted by atomic mass is 35.5. The van der Waals surface area contributed by atoms with Crippen molar-refractivity contribution in [3.8, 4) is 5.75 Å². The Morgan fingerprint density at radius 2 is 1.76 bits per heavy atom. The molecule has 21 heavy (non-hydrogen) atoms. The molecule has 0 saturated carbocycles. The van der Waals surface area contributed by atoms with Crippen molar-refractivity contribution in [2.75, 3.05) is 12.5 Å². The van der Waals surface area contributed by atoms with Gasteiger partial charge in [0.1, 0.15) is 18.5 Å². The van der Waals surface area contributed by atoms with Crippen LogP contribution >= 0.6 is 69.6 Å². The summed E-state index contributed by atoms with van der Waals surface area (Å²) in [5, 5.41) is 0.888. The summed E-state index contributed by atoms with van der Waals surface area (Å²) in [6.45, 7) is 1.57. The molecule has 0 spiro atoms. The van der Waals surface area contributed by atoms with Crippen LogP contribution in [0.25, 0.3) is 0 Å². The van der Waals surface area contributed by atoms with E-state index in [1.54, 1.807) is 6.92 Å². The second-order valence-electron chi connectivity index (χ2n) is 4.06. The monoisotopic (exact) mass is 412 g/mol. The minimum Gasteiger partial charge on any atom is -0.486 e. The number of halogens is 6. The van der Waals surface area contributed by atoms with Crippen LogP contribution in [0.3, 0.4) is 0 Å². The molecule has 0 saturated heterocycles. The number of hydrogen-bond acceptors (Lipinski definition) is 3. The predicted molar refractivity (Wildman–Crippen MR) is 87.7 cm³/mol. The quantitative estimate of drug-likeness (QED) is 0.356. The summed E-state index contributed by atoms with van der Waals surface area (Å²) in [4.78, 5) is 11.5. The fraction of sp³-hybridized carbons (Fsp3) is 0.417. The summed E-state index contributed by atoms with van der Waals surface area (Å²) in [5.41, 5.74) is 0. The first kappa shape index (κ1) is 19.3. The molecule has 1 unspecified atom stereocenters. The molecule has 0 aliphatic rings. The van der Waals surface area contributed by atoms with Gasteiger partial charge in [-0.05, 0) is 13.0 Å². The van der Waals surface area contributed by atoms with Crippen molar-refractivity contribution < 1.29 is 14.3 Å². The van der Waals surface area contributed by atoms with Crippen molar-refractivity contribution in [2.45, 2.75) is 17.4 Å². The van der Waals surface area contributed by atoms with E-state index in [1.807, 2.05) is 0 Å². The van der Waals surface area contributed by atoms with Crippen LogP contribution in [-0.4, -0.2) is 28.9 Å². The molecule has 0 bridgehead atoms. The Morgan fingerprint density at radius 3 is 2.33 bits per heavy atom. The van der Waals surface area contributed by atoms with Gasteiger partial charge in [-0.3, -0.25) is 0 Å². The van der Waals surface area contributed by atoms with E-state index in [2.05, 4.69) is 0 Å². The Balaban J connectivity index is 2.61. The standard InChI is InChI=1S/C12H10Cl6O3/c1-6(4-20-11(19)12(17,18)5-13)21-10-3-8(15)7(14)2-9(10)16/h2-3,6H,4-5H2,1H3. The molecular weight excluding hydrogens is 405 g/mol. The Hall–Kier alpha value is 0.230. The lowest BCUT2D eigenvalue weighted by atomic mass is 10.3. The maximum absolute atomic E-state index is 11.5. The molecule has 0 heterocycles. The average Bonchev–Trinajstić information content (AvgIpc) is 2.42. The van der Waals surface area contributed by atoms with Crippen molar-refractivity contribution in [1.29, 1.82) is 0 Å². The molecule has 118 valence electrons. The molecule has 0 aromatic heterocycles. The molecule has 1 aromatic rings. The van der Waals surface area contributed by atoms with Crippen molar-refractivity contribution in [3.05, 3.63) is 27.2 Å². The Kier molecular flexibility index (Phi) is 7.51. The van der Waals surface area contributed by atoms with E-state index < -0.39 is 16.4 Å². The minimum absolute atomic E-state index is 0.0898. The average molecular weight is 415 g/mol. The molecule has 1 aromatic carbocycles. The first-order valence-electron chi connectivity index (χ1n) is 5.59. The Morgan fingerprint density at radius 1 is 1.19 bits per heavy atom. The van der Waals surface area contributed by atoms with Crippen LogP contribution < -0.4 is 4.74 Å². The largest absolute Gasteiger partial charge is 0.486 e. The highest BCUT2D eigenvalue weighted by molar-refractivity contribution is 6.60. The third-order valence-corrected chi connectivity index (χ3v) is 4.49. The lowest BCUT2D eigenvalue weighted by Crippen LogP contribution is -2.33. The molecule has 9 heteroatoms. The van der Waals surface area contributed by atoms with Crippen LogP contribution in [0.1, 0.15) is 6.92 Å². The fourth-order valence-electron chi connectivity index (χ4n) is 1.20. The topological polar surface area (TPSA) is 35.5 Å². The molecule has 0 aliphatic carbocycles. The first-order chi connectivity index (χ1) is 9.67. The molecule has 1 rings (SSSR count). The highest BCUT2D eigenvalue weighted by Gasteiger charge is 2.35. The van der Waals surface area contributed by atoms with Gasteiger partial charge in [0.15, 0.2) is 0 Å². The summed E-state index contributed by atoms with van der Waals surface area (Å²) in [6.07, 6.45) is -0.511. The minimum atomic E-state index is -1.79. The molecule has 1 atom stereocenters. The summed E-state index contributed by atoms with van der Waals surface area (Å²) in [5.74, 6) is -0.825. The maximum atomic E-state index is 11.5. The number of benzene rings is 1. The van der Waals surface area contributed by atoms with Gasteiger partial charge in [-0.15, -0.1) is 11.6 Å². The van der Waals surface area contributed by atoms with E-state index >= 15 is 0 Å². The zero-order valence-electron chi connectivity index (χ0n) is 10.6. The molecular formula is C12H10Cl6O3. The third kappa shape index (κ3) is 5.74. The molecule has 3 nitrogen and oxygen atoms in total. The van der Waals surface area contributed by atoms with Crippen molar-refractivity contribution >= 4 is 75.6 Å². The summed E-state index contributed by atoms with van der Waals surface area (Å²) in [6, 6.07) is 2.92. The zero-order valence-corrected chi connectivity index (χ0v) is 15.2. The lowest BCUT2D eigenvalue weighted by Gasteiger charge is -2.19. The van der Waals surface area contributed by atoms with Gasteiger partial charge in [-0.2, -0.15) is 0 Å². The van der Waals surface area contributed by atoms with E-state index in [-0.39, 0.29) is 17.5 Å². The Labute approximate surface area is 152 Å². The Bertz CT molecular complexity index is 520. The second kappa shape index (κ2) is 8.19. The highest BCUT2D eigenvalue weighted by Crippen LogP contribution is 2.34. The number of carbonyl (C=O) groups excluding carboxylic acids is 1. The molecule has 0 aliphatic heterocycles. The molecule has 0 N–H and O–H groups in total. The van der Waals surface area contributed by atoms with Crippen LogP contribution in [0.4, 0.5) is 0 Å². The van der Waals surface area contributed by atoms with E-state index in [1.165, 1.54) is 12.1 Å². The van der Waals surface area contributed by atoms with Gasteiger partial charge in [0.25, 0.3) is 0 Å². The lowest BCUT2D eigenvalue weighted by molar-refractivity contribution is -0.146. The van der Waals surface area contributed by atoms with Gasteiger partial charge in [0.2, 0.25) is 4.33 Å². The second-order valence-corrected chi connectivity index (χ2v) is 7.03. The smallest absolute Gasteiger partial charge is 0.344 e. The third-order valence-electron chi connectivity index (χ3n) is 2.22. The van der Waals surface area contributed by atoms with Gasteiger partial charge in [0.05, 0.1) is 20.9 Å². The van der Waals surface area contributed by atoms with Crippen LogP contribution in [0.15, 0.2) is 12.1 Å². The van der Waals surface area contributed by atoms with Crippen LogP contribution in [0, 0.1) is 0 Å². The SMILES string of the molecule is CC(COC(=O)C(Cl)(Cl)CCl)Oc1cc(Cl)c(Cl)cc1Cl. The summed E-state index contributed by atoms with van der Waals surface area (Å²) in [7, 11) is 0. The summed E-state index contributed by atoms with van der Waals surface area (Å²) < 4.78 is 8.63. The zero-order chi connectivity index (χ0) is 16.2. The van der Waals surface area contributed by atoms with Gasteiger partial charge >= 0.3 is 5.97 Å². The van der Waals surface area contributed by atoms with Crippen LogP contribution in [-0.2, 0) is 9.53 Å². The first-order valence-corrected chi connectivity index (χ1v) is 8.02. The fourth-order valence-corrected chi connectivity index (χ4v) is 2.00. The van der Waals surface area contributed by atoms with E-state index in [0.29, 0.717) is 15.8 Å². The molecule has 0 amide bonds. The summed E-state index contributed by atoms with van der Waals surface area (Å²) >= 11 is 34.4. The van der Waals surface area contributed by atoms with Gasteiger partial charge in [-0.1, -0.05) is 58.0 Å². The van der Waals surface area contributed by atoms with Gasteiger partial charge in [0, 0.05) is 6.07 Å². The van der Waals surface area contributed by atoms with Gasteiger partial charge in [-0.25, -0.2) is 4.79 Å². The van der Waals surface area contributed by atoms with Crippen LogP contribution in [0.5, 0.6) is 5.75 Å². The van der Waals surface area contributed by atoms with Crippen molar-refractivity contribution in [1.82, 2.24) is 0 Å². The number of alkyl halides is 3. The van der Waals surface area contributed by atoms with E-state index in [9.17, 15) is 4.79 Å². The maximum Gasteiger partial charge on any atom is 0.344 e. The van der Waals surface area contributed by atoms with E-state index in [0.717, 1.165) is 0 Å². The molecule has 0 radical (unpaired) electrons. The van der Waals surface area contributed by atoms with Crippen molar-refractivity contribution in [3.63, 3.8) is 0 Å². The number of rotatable bonds is 6. The number of carbonyl (C=O) groups is 1.